The average Bonchev–Trinajstić information content (AvgIpc) is 3.26. The van der Waals surface area contributed by atoms with Crippen LogP contribution in [-0.2, 0) is 5.41 Å². The van der Waals surface area contributed by atoms with Crippen molar-refractivity contribution in [2.75, 3.05) is 0 Å². The van der Waals surface area contributed by atoms with Crippen LogP contribution >= 0.6 is 0 Å². The average molecular weight is 270 g/mol. The summed E-state index contributed by atoms with van der Waals surface area (Å²) < 4.78 is 13.7. The molecule has 0 spiro atoms. The lowest BCUT2D eigenvalue weighted by Crippen LogP contribution is -2.18. The van der Waals surface area contributed by atoms with Gasteiger partial charge in [0.2, 0.25) is 0 Å². The summed E-state index contributed by atoms with van der Waals surface area (Å²) in [4.78, 5) is 0. The van der Waals surface area contributed by atoms with Gasteiger partial charge in [0, 0.05) is 5.41 Å². The smallest absolute Gasteiger partial charge is 0.129 e. The molecule has 0 radical (unpaired) electrons. The van der Waals surface area contributed by atoms with E-state index in [1.54, 1.807) is 26.0 Å². The van der Waals surface area contributed by atoms with Crippen LogP contribution in [0.2, 0.25) is 0 Å². The molecule has 1 aliphatic rings. The van der Waals surface area contributed by atoms with Crippen LogP contribution < -0.4 is 0 Å². The Balaban J connectivity index is 1.99. The maximum Gasteiger partial charge on any atom is 0.129 e. The third-order valence-electron chi connectivity index (χ3n) is 4.44. The van der Waals surface area contributed by atoms with E-state index in [-0.39, 0.29) is 11.2 Å². The summed E-state index contributed by atoms with van der Waals surface area (Å²) in [6.45, 7) is 3.50. The minimum Gasteiger partial charge on any atom is -0.387 e. The maximum absolute atomic E-state index is 13.7. The van der Waals surface area contributed by atoms with Crippen molar-refractivity contribution in [1.82, 2.24) is 0 Å². The standard InChI is InChI=1S/C18H19FO/c1-12-10-14(11-13(2)16(12)19)17(20)18(8-9-18)15-6-4-3-5-7-15/h3-7,10-11,17,20H,8-9H2,1-2H3. The van der Waals surface area contributed by atoms with Crippen molar-refractivity contribution in [2.45, 2.75) is 38.2 Å². The molecular formula is C18H19FO. The van der Waals surface area contributed by atoms with Crippen LogP contribution in [0.4, 0.5) is 4.39 Å². The second-order valence-corrected chi connectivity index (χ2v) is 5.89. The van der Waals surface area contributed by atoms with Gasteiger partial charge in [0.05, 0.1) is 6.10 Å². The molecule has 3 rings (SSSR count). The van der Waals surface area contributed by atoms with Gasteiger partial charge in [-0.25, -0.2) is 4.39 Å². The third-order valence-corrected chi connectivity index (χ3v) is 4.44. The number of rotatable bonds is 3. The van der Waals surface area contributed by atoms with Gasteiger partial charge in [-0.2, -0.15) is 0 Å². The zero-order valence-electron chi connectivity index (χ0n) is 11.9. The lowest BCUT2D eigenvalue weighted by molar-refractivity contribution is 0.133. The summed E-state index contributed by atoms with van der Waals surface area (Å²) in [6.07, 6.45) is 1.39. The first-order valence-electron chi connectivity index (χ1n) is 7.05. The first kappa shape index (κ1) is 13.3. The summed E-state index contributed by atoms with van der Waals surface area (Å²) >= 11 is 0. The fourth-order valence-corrected chi connectivity index (χ4v) is 3.08. The van der Waals surface area contributed by atoms with E-state index in [0.717, 1.165) is 18.4 Å². The Morgan fingerprint density at radius 2 is 1.60 bits per heavy atom. The normalized spacial score (nSPS) is 17.8. The summed E-state index contributed by atoms with van der Waals surface area (Å²) in [6, 6.07) is 13.7. The minimum atomic E-state index is -0.567. The molecular weight excluding hydrogens is 251 g/mol. The van der Waals surface area contributed by atoms with Crippen LogP contribution in [0.3, 0.4) is 0 Å². The summed E-state index contributed by atoms with van der Waals surface area (Å²) in [7, 11) is 0. The maximum atomic E-state index is 13.7. The molecule has 1 saturated carbocycles. The molecule has 2 aromatic rings. The third kappa shape index (κ3) is 2.04. The number of hydrogen-bond donors (Lipinski definition) is 1. The van der Waals surface area contributed by atoms with Gasteiger partial charge in [0.25, 0.3) is 0 Å². The zero-order valence-corrected chi connectivity index (χ0v) is 11.9. The van der Waals surface area contributed by atoms with E-state index in [9.17, 15) is 9.50 Å². The lowest BCUT2D eigenvalue weighted by Gasteiger charge is -2.24. The summed E-state index contributed by atoms with van der Waals surface area (Å²) in [5, 5.41) is 10.8. The van der Waals surface area contributed by atoms with Gasteiger partial charge in [0.15, 0.2) is 0 Å². The molecule has 20 heavy (non-hydrogen) atoms. The molecule has 0 aromatic heterocycles. The molecule has 1 fully saturated rings. The molecule has 0 aliphatic heterocycles. The molecule has 1 aliphatic carbocycles. The van der Waals surface area contributed by atoms with Gasteiger partial charge in [-0.15, -0.1) is 0 Å². The van der Waals surface area contributed by atoms with Gasteiger partial charge in [0.1, 0.15) is 5.82 Å². The van der Waals surface area contributed by atoms with Gasteiger partial charge < -0.3 is 5.11 Å². The van der Waals surface area contributed by atoms with Crippen molar-refractivity contribution in [3.8, 4) is 0 Å². The molecule has 2 aromatic carbocycles. The summed E-state index contributed by atoms with van der Waals surface area (Å²) in [5.74, 6) is -0.175. The van der Waals surface area contributed by atoms with E-state index in [1.807, 2.05) is 18.2 Å². The van der Waals surface area contributed by atoms with E-state index in [0.29, 0.717) is 11.1 Å². The molecule has 104 valence electrons. The van der Waals surface area contributed by atoms with Crippen molar-refractivity contribution in [3.63, 3.8) is 0 Å². The Morgan fingerprint density at radius 1 is 1.05 bits per heavy atom. The monoisotopic (exact) mass is 270 g/mol. The molecule has 1 atom stereocenters. The van der Waals surface area contributed by atoms with Crippen molar-refractivity contribution < 1.29 is 9.50 Å². The van der Waals surface area contributed by atoms with Crippen LogP contribution in [0.1, 0.15) is 41.2 Å². The molecule has 2 heteroatoms. The van der Waals surface area contributed by atoms with Crippen molar-refractivity contribution >= 4 is 0 Å². The Bertz CT molecular complexity index is 606. The summed E-state index contributed by atoms with van der Waals surface area (Å²) in [5.41, 5.74) is 3.01. The Hall–Kier alpha value is -1.67. The van der Waals surface area contributed by atoms with Gasteiger partial charge in [-0.3, -0.25) is 0 Å². The van der Waals surface area contributed by atoms with Crippen LogP contribution in [0.25, 0.3) is 0 Å². The highest BCUT2D eigenvalue weighted by molar-refractivity contribution is 5.40. The highest BCUT2D eigenvalue weighted by Crippen LogP contribution is 2.56. The van der Waals surface area contributed by atoms with E-state index in [1.165, 1.54) is 5.56 Å². The first-order valence-corrected chi connectivity index (χ1v) is 7.05. The zero-order chi connectivity index (χ0) is 14.3. The van der Waals surface area contributed by atoms with Crippen LogP contribution in [0.15, 0.2) is 42.5 Å². The number of hydrogen-bond acceptors (Lipinski definition) is 1. The largest absolute Gasteiger partial charge is 0.387 e. The van der Waals surface area contributed by atoms with Crippen LogP contribution in [0.5, 0.6) is 0 Å². The fraction of sp³-hybridized carbons (Fsp3) is 0.333. The predicted octanol–water partition coefficient (Wildman–Crippen LogP) is 4.21. The molecule has 0 amide bonds. The highest BCUT2D eigenvalue weighted by atomic mass is 19.1. The quantitative estimate of drug-likeness (QED) is 0.886. The lowest BCUT2D eigenvalue weighted by atomic mass is 9.85. The predicted molar refractivity (Wildman–Crippen MR) is 78.2 cm³/mol. The van der Waals surface area contributed by atoms with Gasteiger partial charge >= 0.3 is 0 Å². The van der Waals surface area contributed by atoms with E-state index in [4.69, 9.17) is 0 Å². The Labute approximate surface area is 119 Å². The SMILES string of the molecule is Cc1cc(C(O)C2(c3ccccc3)CC2)cc(C)c1F. The number of aliphatic hydroxyl groups excluding tert-OH is 1. The van der Waals surface area contributed by atoms with Crippen LogP contribution in [0, 0.1) is 19.7 Å². The first-order chi connectivity index (χ1) is 9.54. The molecule has 0 bridgehead atoms. The van der Waals surface area contributed by atoms with Crippen molar-refractivity contribution in [2.24, 2.45) is 0 Å². The minimum absolute atomic E-state index is 0.175. The number of benzene rings is 2. The Kier molecular flexibility index (Phi) is 3.14. The van der Waals surface area contributed by atoms with Gasteiger partial charge in [-0.1, -0.05) is 42.5 Å². The van der Waals surface area contributed by atoms with Crippen LogP contribution in [-0.4, -0.2) is 5.11 Å². The molecule has 1 nitrogen and oxygen atoms in total. The molecule has 0 saturated heterocycles. The molecule has 1 N–H and O–H groups in total. The topological polar surface area (TPSA) is 20.2 Å². The molecule has 0 heterocycles. The second-order valence-electron chi connectivity index (χ2n) is 5.89. The van der Waals surface area contributed by atoms with Crippen molar-refractivity contribution in [1.29, 1.82) is 0 Å². The number of aryl methyl sites for hydroxylation is 2. The number of halogens is 1. The molecule has 1 unspecified atom stereocenters. The van der Waals surface area contributed by atoms with Crippen molar-refractivity contribution in [3.05, 3.63) is 70.5 Å². The van der Waals surface area contributed by atoms with Gasteiger partial charge in [-0.05, 0) is 48.9 Å². The van der Waals surface area contributed by atoms with E-state index < -0.39 is 6.10 Å². The van der Waals surface area contributed by atoms with E-state index >= 15 is 0 Å². The van der Waals surface area contributed by atoms with E-state index in [2.05, 4.69) is 12.1 Å². The Morgan fingerprint density at radius 3 is 2.10 bits per heavy atom. The number of aliphatic hydroxyl groups is 1. The second kappa shape index (κ2) is 4.71. The fourth-order valence-electron chi connectivity index (χ4n) is 3.08. The highest BCUT2D eigenvalue weighted by Gasteiger charge is 2.50.